The third-order valence-electron chi connectivity index (χ3n) is 4.42. The van der Waals surface area contributed by atoms with E-state index in [0.29, 0.717) is 22.9 Å². The minimum Gasteiger partial charge on any atom is -0.493 e. The van der Waals surface area contributed by atoms with E-state index in [4.69, 9.17) is 18.9 Å². The minimum absolute atomic E-state index is 0.0513. The topological polar surface area (TPSA) is 96.8 Å². The Hall–Kier alpha value is -2.68. The van der Waals surface area contributed by atoms with Crippen LogP contribution in [0.5, 0.6) is 11.5 Å². The second-order valence-electron chi connectivity index (χ2n) is 6.73. The van der Waals surface area contributed by atoms with Crippen molar-refractivity contribution in [2.75, 3.05) is 21.3 Å². The zero-order chi connectivity index (χ0) is 22.1. The van der Waals surface area contributed by atoms with Crippen molar-refractivity contribution in [3.05, 3.63) is 22.1 Å². The van der Waals surface area contributed by atoms with Crippen molar-refractivity contribution >= 4 is 23.3 Å². The van der Waals surface area contributed by atoms with Gasteiger partial charge in [-0.15, -0.1) is 11.3 Å². The predicted octanol–water partition coefficient (Wildman–Crippen LogP) is 4.06. The molecule has 2 aromatic rings. The Labute approximate surface area is 180 Å². The number of unbranched alkanes of at least 4 members (excludes halogenated alkanes) is 2. The van der Waals surface area contributed by atoms with E-state index in [1.807, 2.05) is 12.3 Å². The maximum Gasteiger partial charge on any atom is 0.356 e. The molecule has 0 radical (unpaired) electrons. The Kier molecular flexibility index (Phi) is 9.04. The molecule has 0 amide bonds. The minimum atomic E-state index is -0.560. The molecule has 0 bridgehead atoms. The van der Waals surface area contributed by atoms with Crippen LogP contribution in [0.1, 0.15) is 55.0 Å². The fourth-order valence-corrected chi connectivity index (χ4v) is 3.83. The predicted molar refractivity (Wildman–Crippen MR) is 113 cm³/mol. The molecule has 0 N–H and O–H groups in total. The normalized spacial score (nSPS) is 11.6. The third kappa shape index (κ3) is 6.41. The monoisotopic (exact) mass is 436 g/mol. The number of carbonyl (C=O) groups excluding carboxylic acids is 2. The van der Waals surface area contributed by atoms with Crippen LogP contribution in [0, 0.1) is 0 Å². The van der Waals surface area contributed by atoms with Gasteiger partial charge in [0.2, 0.25) is 0 Å². The molecule has 0 aliphatic carbocycles. The Bertz CT molecular complexity index is 867. The fourth-order valence-electron chi connectivity index (χ4n) is 3.00. The van der Waals surface area contributed by atoms with Gasteiger partial charge >= 0.3 is 11.9 Å². The van der Waals surface area contributed by atoms with Gasteiger partial charge in [0.1, 0.15) is 11.4 Å². The summed E-state index contributed by atoms with van der Waals surface area (Å²) in [6.07, 6.45) is 4.63. The van der Waals surface area contributed by atoms with E-state index in [-0.39, 0.29) is 17.8 Å². The summed E-state index contributed by atoms with van der Waals surface area (Å²) in [4.78, 5) is 31.9. The molecule has 0 fully saturated rings. The summed E-state index contributed by atoms with van der Waals surface area (Å²) < 4.78 is 20.7. The molecule has 2 rings (SSSR count). The average molecular weight is 437 g/mol. The highest BCUT2D eigenvalue weighted by atomic mass is 32.1. The van der Waals surface area contributed by atoms with Crippen LogP contribution in [0.4, 0.5) is 0 Å². The summed E-state index contributed by atoms with van der Waals surface area (Å²) in [5.74, 6) is 0.00574. The SMILES string of the molecule is COC(=O)c1cc(OC)c(OC)c(-c2csc(CCCCC[C@H](C)OC(C)=O)n2)n1. The molecule has 9 heteroatoms. The van der Waals surface area contributed by atoms with Gasteiger partial charge in [-0.3, -0.25) is 4.79 Å². The molecule has 2 aromatic heterocycles. The first-order chi connectivity index (χ1) is 14.4. The highest BCUT2D eigenvalue weighted by molar-refractivity contribution is 7.09. The maximum absolute atomic E-state index is 12.0. The van der Waals surface area contributed by atoms with Crippen molar-refractivity contribution in [1.82, 2.24) is 9.97 Å². The number of hydrogen-bond acceptors (Lipinski definition) is 9. The van der Waals surface area contributed by atoms with Crippen molar-refractivity contribution in [1.29, 1.82) is 0 Å². The van der Waals surface area contributed by atoms with Crippen LogP contribution in [0.2, 0.25) is 0 Å². The summed E-state index contributed by atoms with van der Waals surface area (Å²) >= 11 is 1.54. The van der Waals surface area contributed by atoms with Crippen molar-refractivity contribution in [3.8, 4) is 22.9 Å². The second kappa shape index (κ2) is 11.5. The first-order valence-electron chi connectivity index (χ1n) is 9.72. The van der Waals surface area contributed by atoms with Gasteiger partial charge in [0, 0.05) is 18.4 Å². The molecule has 30 heavy (non-hydrogen) atoms. The molecule has 2 heterocycles. The number of ether oxygens (including phenoxy) is 4. The summed E-state index contributed by atoms with van der Waals surface area (Å²) in [6.45, 7) is 3.34. The Morgan fingerprint density at radius 2 is 1.87 bits per heavy atom. The maximum atomic E-state index is 12.0. The van der Waals surface area contributed by atoms with Crippen molar-refractivity contribution in [2.45, 2.75) is 52.1 Å². The Balaban J connectivity index is 2.04. The smallest absolute Gasteiger partial charge is 0.356 e. The standard InChI is InChI=1S/C21H28N2O6S/c1-13(29-14(2)24)9-7-6-8-10-18-22-16(12-30-18)19-20(27-4)17(26-3)11-15(23-19)21(25)28-5/h11-13H,6-10H2,1-5H3/t13-/m0/s1. The molecule has 0 spiro atoms. The van der Waals surface area contributed by atoms with E-state index in [1.54, 1.807) is 0 Å². The largest absolute Gasteiger partial charge is 0.493 e. The van der Waals surface area contributed by atoms with Gasteiger partial charge in [0.05, 0.1) is 32.4 Å². The molecule has 0 saturated heterocycles. The third-order valence-corrected chi connectivity index (χ3v) is 5.33. The van der Waals surface area contributed by atoms with Crippen molar-refractivity contribution in [3.63, 3.8) is 0 Å². The summed E-state index contributed by atoms with van der Waals surface area (Å²) in [5, 5.41) is 2.87. The molecule has 0 aliphatic heterocycles. The molecule has 0 saturated carbocycles. The van der Waals surface area contributed by atoms with Gasteiger partial charge in [-0.05, 0) is 32.6 Å². The van der Waals surface area contributed by atoms with E-state index in [1.165, 1.54) is 45.7 Å². The molecular formula is C21H28N2O6S. The van der Waals surface area contributed by atoms with Gasteiger partial charge in [-0.1, -0.05) is 6.42 Å². The Morgan fingerprint density at radius 1 is 1.10 bits per heavy atom. The Morgan fingerprint density at radius 3 is 2.50 bits per heavy atom. The number of thiazole rings is 1. The average Bonchev–Trinajstić information content (AvgIpc) is 3.20. The van der Waals surface area contributed by atoms with Crippen molar-refractivity contribution < 1.29 is 28.5 Å². The molecule has 0 unspecified atom stereocenters. The zero-order valence-electron chi connectivity index (χ0n) is 18.0. The number of esters is 2. The molecular weight excluding hydrogens is 408 g/mol. The molecule has 0 aromatic carbocycles. The second-order valence-corrected chi connectivity index (χ2v) is 7.67. The van der Waals surface area contributed by atoms with Gasteiger partial charge in [0.15, 0.2) is 17.2 Å². The number of pyridine rings is 1. The number of aryl methyl sites for hydroxylation is 1. The van der Waals surface area contributed by atoms with Crippen LogP contribution in [0.25, 0.3) is 11.4 Å². The van der Waals surface area contributed by atoms with E-state index >= 15 is 0 Å². The molecule has 1 atom stereocenters. The zero-order valence-corrected chi connectivity index (χ0v) is 18.8. The first-order valence-corrected chi connectivity index (χ1v) is 10.6. The van der Waals surface area contributed by atoms with Gasteiger partial charge < -0.3 is 18.9 Å². The van der Waals surface area contributed by atoms with Gasteiger partial charge in [-0.25, -0.2) is 14.8 Å². The van der Waals surface area contributed by atoms with Crippen LogP contribution in [-0.2, 0) is 20.7 Å². The highest BCUT2D eigenvalue weighted by Gasteiger charge is 2.21. The number of rotatable bonds is 11. The van der Waals surface area contributed by atoms with E-state index in [2.05, 4.69) is 9.97 Å². The number of aromatic nitrogens is 2. The fraction of sp³-hybridized carbons (Fsp3) is 0.524. The molecule has 0 aliphatic rings. The van der Waals surface area contributed by atoms with Crippen LogP contribution in [0.15, 0.2) is 11.4 Å². The van der Waals surface area contributed by atoms with Crippen LogP contribution in [-0.4, -0.2) is 49.3 Å². The lowest BCUT2D eigenvalue weighted by molar-refractivity contribution is -0.145. The van der Waals surface area contributed by atoms with Crippen LogP contribution in [0.3, 0.4) is 0 Å². The van der Waals surface area contributed by atoms with Crippen molar-refractivity contribution in [2.24, 2.45) is 0 Å². The highest BCUT2D eigenvalue weighted by Crippen LogP contribution is 2.37. The van der Waals surface area contributed by atoms with Crippen LogP contribution < -0.4 is 9.47 Å². The van der Waals surface area contributed by atoms with E-state index in [0.717, 1.165) is 37.1 Å². The number of carbonyl (C=O) groups is 2. The lowest BCUT2D eigenvalue weighted by Gasteiger charge is -2.12. The summed E-state index contributed by atoms with van der Waals surface area (Å²) in [6, 6.07) is 1.48. The number of nitrogens with zero attached hydrogens (tertiary/aromatic N) is 2. The van der Waals surface area contributed by atoms with E-state index < -0.39 is 5.97 Å². The summed E-state index contributed by atoms with van der Waals surface area (Å²) in [7, 11) is 4.32. The van der Waals surface area contributed by atoms with Crippen LogP contribution >= 0.6 is 11.3 Å². The molecule has 8 nitrogen and oxygen atoms in total. The lowest BCUT2D eigenvalue weighted by Crippen LogP contribution is -2.11. The van der Waals surface area contributed by atoms with Gasteiger partial charge in [0.25, 0.3) is 0 Å². The first kappa shape index (κ1) is 23.6. The van der Waals surface area contributed by atoms with Gasteiger partial charge in [-0.2, -0.15) is 0 Å². The lowest BCUT2D eigenvalue weighted by atomic mass is 10.1. The molecule has 164 valence electrons. The van der Waals surface area contributed by atoms with E-state index in [9.17, 15) is 9.59 Å². The number of hydrogen-bond donors (Lipinski definition) is 0. The number of methoxy groups -OCH3 is 3. The summed E-state index contributed by atoms with van der Waals surface area (Å²) in [5.41, 5.74) is 1.19. The quantitative estimate of drug-likeness (QED) is 0.384.